The second-order valence-corrected chi connectivity index (χ2v) is 8.67. The third-order valence-corrected chi connectivity index (χ3v) is 5.45. The molecule has 0 aromatic carbocycles. The van der Waals surface area contributed by atoms with Crippen LogP contribution < -0.4 is 0 Å². The van der Waals surface area contributed by atoms with Crippen LogP contribution in [-0.4, -0.2) is 23.1 Å². The second kappa shape index (κ2) is 7.23. The Kier molecular flexibility index (Phi) is 5.74. The predicted molar refractivity (Wildman–Crippen MR) is 88.9 cm³/mol. The first kappa shape index (κ1) is 18.3. The summed E-state index contributed by atoms with van der Waals surface area (Å²) in [6.07, 6.45) is 5.63. The maximum Gasteiger partial charge on any atom is 0.312 e. The molecular formula is C19H32O4. The van der Waals surface area contributed by atoms with Gasteiger partial charge in [0.15, 0.2) is 0 Å². The van der Waals surface area contributed by atoms with Crippen molar-refractivity contribution in [3.8, 4) is 0 Å². The Morgan fingerprint density at radius 2 is 1.70 bits per heavy atom. The molecule has 1 N–H and O–H groups in total. The van der Waals surface area contributed by atoms with Gasteiger partial charge in [-0.3, -0.25) is 9.59 Å². The molecule has 132 valence electrons. The molecule has 0 radical (unpaired) electrons. The van der Waals surface area contributed by atoms with E-state index >= 15 is 0 Å². The van der Waals surface area contributed by atoms with Crippen LogP contribution in [-0.2, 0) is 14.3 Å². The molecule has 2 saturated carbocycles. The van der Waals surface area contributed by atoms with Gasteiger partial charge in [0.05, 0.1) is 11.8 Å². The molecule has 2 fully saturated rings. The zero-order valence-corrected chi connectivity index (χ0v) is 15.0. The molecule has 0 spiro atoms. The van der Waals surface area contributed by atoms with Gasteiger partial charge < -0.3 is 9.84 Å². The van der Waals surface area contributed by atoms with Crippen molar-refractivity contribution in [2.24, 2.45) is 29.1 Å². The molecule has 2 rings (SSSR count). The molecule has 2 bridgehead atoms. The highest BCUT2D eigenvalue weighted by Crippen LogP contribution is 2.47. The fraction of sp³-hybridized carbons (Fsp3) is 0.895. The lowest BCUT2D eigenvalue weighted by molar-refractivity contribution is -0.170. The number of ether oxygens (including phenoxy) is 1. The van der Waals surface area contributed by atoms with Crippen LogP contribution in [0.4, 0.5) is 0 Å². The number of hydrogen-bond acceptors (Lipinski definition) is 3. The predicted octanol–water partition coefficient (Wildman–Crippen LogP) is 4.27. The smallest absolute Gasteiger partial charge is 0.312 e. The summed E-state index contributed by atoms with van der Waals surface area (Å²) in [6.45, 7) is 8.17. The van der Waals surface area contributed by atoms with E-state index in [1.54, 1.807) is 0 Å². The molecule has 23 heavy (non-hydrogen) atoms. The highest BCUT2D eigenvalue weighted by Gasteiger charge is 2.47. The quantitative estimate of drug-likeness (QED) is 0.677. The topological polar surface area (TPSA) is 63.6 Å². The van der Waals surface area contributed by atoms with E-state index in [1.807, 2.05) is 27.7 Å². The SMILES string of the molecule is CC(C)CC(CC(=O)O)(CC(C)C)C(=O)OC1CC2CCC1C2. The lowest BCUT2D eigenvalue weighted by Crippen LogP contribution is -2.40. The van der Waals surface area contributed by atoms with Crippen molar-refractivity contribution in [1.82, 2.24) is 0 Å². The molecule has 4 heteroatoms. The molecule has 0 amide bonds. The summed E-state index contributed by atoms with van der Waals surface area (Å²) in [5, 5.41) is 9.38. The van der Waals surface area contributed by atoms with Crippen molar-refractivity contribution in [2.45, 2.75) is 78.7 Å². The van der Waals surface area contributed by atoms with Crippen molar-refractivity contribution in [3.63, 3.8) is 0 Å². The van der Waals surface area contributed by atoms with Gasteiger partial charge in [0, 0.05) is 0 Å². The van der Waals surface area contributed by atoms with Gasteiger partial charge in [0.25, 0.3) is 0 Å². The average Bonchev–Trinajstić information content (AvgIpc) is 2.97. The summed E-state index contributed by atoms with van der Waals surface area (Å²) >= 11 is 0. The van der Waals surface area contributed by atoms with Crippen LogP contribution in [0.2, 0.25) is 0 Å². The highest BCUT2D eigenvalue weighted by atomic mass is 16.5. The zero-order chi connectivity index (χ0) is 17.2. The Morgan fingerprint density at radius 3 is 2.09 bits per heavy atom. The maximum atomic E-state index is 13.0. The van der Waals surface area contributed by atoms with Crippen LogP contribution in [0.15, 0.2) is 0 Å². The largest absolute Gasteiger partial charge is 0.481 e. The van der Waals surface area contributed by atoms with Gasteiger partial charge in [-0.15, -0.1) is 0 Å². The second-order valence-electron chi connectivity index (χ2n) is 8.67. The molecular weight excluding hydrogens is 292 g/mol. The van der Waals surface area contributed by atoms with E-state index in [2.05, 4.69) is 0 Å². The monoisotopic (exact) mass is 324 g/mol. The molecule has 0 aromatic heterocycles. The Balaban J connectivity index is 2.15. The molecule has 0 heterocycles. The van der Waals surface area contributed by atoms with E-state index in [0.29, 0.717) is 24.7 Å². The summed E-state index contributed by atoms with van der Waals surface area (Å²) in [5.41, 5.74) is -0.879. The first-order valence-electron chi connectivity index (χ1n) is 9.14. The van der Waals surface area contributed by atoms with Crippen molar-refractivity contribution in [2.75, 3.05) is 0 Å². The van der Waals surface area contributed by atoms with Gasteiger partial charge >= 0.3 is 11.9 Å². The van der Waals surface area contributed by atoms with Gasteiger partial charge in [-0.25, -0.2) is 0 Å². The molecule has 4 nitrogen and oxygen atoms in total. The van der Waals surface area contributed by atoms with Gasteiger partial charge in [-0.2, -0.15) is 0 Å². The number of carbonyl (C=O) groups is 2. The summed E-state index contributed by atoms with van der Waals surface area (Å²) in [6, 6.07) is 0. The van der Waals surface area contributed by atoms with Crippen molar-refractivity contribution >= 4 is 11.9 Å². The third-order valence-electron chi connectivity index (χ3n) is 5.45. The minimum absolute atomic E-state index is 0.0220. The van der Waals surface area contributed by atoms with Crippen LogP contribution in [0.25, 0.3) is 0 Å². The Labute approximate surface area is 140 Å². The zero-order valence-electron chi connectivity index (χ0n) is 15.0. The van der Waals surface area contributed by atoms with E-state index in [9.17, 15) is 14.7 Å². The van der Waals surface area contributed by atoms with Crippen molar-refractivity contribution in [3.05, 3.63) is 0 Å². The van der Waals surface area contributed by atoms with E-state index in [-0.39, 0.29) is 30.3 Å². The van der Waals surface area contributed by atoms with Gasteiger partial charge in [0.1, 0.15) is 6.10 Å². The lowest BCUT2D eigenvalue weighted by Gasteiger charge is -2.35. The molecule has 0 aromatic rings. The molecule has 3 unspecified atom stereocenters. The lowest BCUT2D eigenvalue weighted by atomic mass is 9.72. The number of carboxylic acid groups (broad SMARTS) is 1. The average molecular weight is 324 g/mol. The molecule has 0 saturated heterocycles. The van der Waals surface area contributed by atoms with E-state index in [4.69, 9.17) is 4.74 Å². The molecule has 2 aliphatic rings. The van der Waals surface area contributed by atoms with Crippen LogP contribution >= 0.6 is 0 Å². The van der Waals surface area contributed by atoms with Crippen molar-refractivity contribution in [1.29, 1.82) is 0 Å². The van der Waals surface area contributed by atoms with Crippen molar-refractivity contribution < 1.29 is 19.4 Å². The van der Waals surface area contributed by atoms with Crippen LogP contribution in [0, 0.1) is 29.1 Å². The summed E-state index contributed by atoms with van der Waals surface area (Å²) in [7, 11) is 0. The summed E-state index contributed by atoms with van der Waals surface area (Å²) in [5.74, 6) is 0.573. The van der Waals surface area contributed by atoms with E-state index in [0.717, 1.165) is 12.8 Å². The van der Waals surface area contributed by atoms with Gasteiger partial charge in [0.2, 0.25) is 0 Å². The minimum atomic E-state index is -0.906. The Bertz CT molecular complexity index is 431. The van der Waals surface area contributed by atoms with Crippen LogP contribution in [0.5, 0.6) is 0 Å². The summed E-state index contributed by atoms with van der Waals surface area (Å²) < 4.78 is 5.91. The fourth-order valence-electron chi connectivity index (χ4n) is 4.91. The number of hydrogen-bond donors (Lipinski definition) is 1. The number of aliphatic carboxylic acids is 1. The highest BCUT2D eigenvalue weighted by molar-refractivity contribution is 5.83. The van der Waals surface area contributed by atoms with Crippen LogP contribution in [0.3, 0.4) is 0 Å². The summed E-state index contributed by atoms with van der Waals surface area (Å²) in [4.78, 5) is 24.5. The normalized spacial score (nSPS) is 27.0. The molecule has 3 atom stereocenters. The van der Waals surface area contributed by atoms with Gasteiger partial charge in [-0.05, 0) is 62.2 Å². The number of carbonyl (C=O) groups excluding carboxylic acids is 1. The number of carboxylic acids is 1. The number of esters is 1. The molecule has 2 aliphatic carbocycles. The first-order chi connectivity index (χ1) is 10.7. The molecule has 0 aliphatic heterocycles. The van der Waals surface area contributed by atoms with E-state index in [1.165, 1.54) is 12.8 Å². The standard InChI is InChI=1S/C19H32O4/c1-12(2)9-19(10-13(3)4,11-17(20)21)18(22)23-16-8-14-5-6-15(16)7-14/h12-16H,5-11H2,1-4H3,(H,20,21). The third kappa shape index (κ3) is 4.48. The van der Waals surface area contributed by atoms with E-state index < -0.39 is 11.4 Å². The van der Waals surface area contributed by atoms with Crippen LogP contribution in [0.1, 0.15) is 72.6 Å². The Morgan fingerprint density at radius 1 is 1.09 bits per heavy atom. The minimum Gasteiger partial charge on any atom is -0.481 e. The van der Waals surface area contributed by atoms with Gasteiger partial charge in [-0.1, -0.05) is 27.7 Å². The first-order valence-corrected chi connectivity index (χ1v) is 9.14. The number of fused-ring (bicyclic) bond motifs is 2. The fourth-order valence-corrected chi connectivity index (χ4v) is 4.91. The Hall–Kier alpha value is -1.06. The maximum absolute atomic E-state index is 13.0. The number of rotatable bonds is 8.